The molecule has 0 atom stereocenters. The Kier molecular flexibility index (Phi) is 5.44. The summed E-state index contributed by atoms with van der Waals surface area (Å²) >= 11 is 1.61. The number of alkyl halides is 2. The Labute approximate surface area is 167 Å². The van der Waals surface area contributed by atoms with Crippen LogP contribution in [0.2, 0.25) is 0 Å². The number of nitrogens with one attached hydrogen (secondary N) is 1. The highest BCUT2D eigenvalue weighted by Gasteiger charge is 2.35. The smallest absolute Gasteiger partial charge is 0.251 e. The number of hydrogen-bond acceptors (Lipinski definition) is 5. The van der Waals surface area contributed by atoms with Gasteiger partial charge in [-0.25, -0.2) is 13.8 Å². The molecule has 0 aliphatic carbocycles. The zero-order valence-electron chi connectivity index (χ0n) is 15.9. The summed E-state index contributed by atoms with van der Waals surface area (Å²) in [6, 6.07) is 12.5. The summed E-state index contributed by atoms with van der Waals surface area (Å²) < 4.78 is 27.0. The molecule has 0 spiro atoms. The fraction of sp³-hybridized carbons (Fsp3) is 0.429. The minimum Gasteiger partial charge on any atom is -0.369 e. The van der Waals surface area contributed by atoms with Crippen LogP contribution < -0.4 is 10.2 Å². The maximum atomic E-state index is 13.5. The van der Waals surface area contributed by atoms with E-state index in [0.717, 1.165) is 35.4 Å². The van der Waals surface area contributed by atoms with E-state index in [9.17, 15) is 8.78 Å². The lowest BCUT2D eigenvalue weighted by molar-refractivity contribution is -0.0222. The van der Waals surface area contributed by atoms with Crippen molar-refractivity contribution < 1.29 is 8.78 Å². The number of aryl methyl sites for hydroxylation is 2. The fourth-order valence-corrected chi connectivity index (χ4v) is 4.36. The van der Waals surface area contributed by atoms with Crippen LogP contribution in [0.25, 0.3) is 10.2 Å². The van der Waals surface area contributed by atoms with Crippen molar-refractivity contribution in [1.82, 2.24) is 9.97 Å². The average Bonchev–Trinajstić information content (AvgIpc) is 3.06. The van der Waals surface area contributed by atoms with Gasteiger partial charge in [0.2, 0.25) is 5.95 Å². The number of halogens is 2. The molecule has 1 saturated heterocycles. The van der Waals surface area contributed by atoms with Gasteiger partial charge in [0, 0.05) is 37.4 Å². The van der Waals surface area contributed by atoms with Gasteiger partial charge in [0.05, 0.1) is 5.39 Å². The molecule has 1 aliphatic heterocycles. The lowest BCUT2D eigenvalue weighted by Gasteiger charge is -2.31. The van der Waals surface area contributed by atoms with Gasteiger partial charge in [-0.3, -0.25) is 0 Å². The monoisotopic (exact) mass is 402 g/mol. The number of piperidine rings is 1. The first-order valence-corrected chi connectivity index (χ1v) is 10.5. The molecular weight excluding hydrogens is 378 g/mol. The number of hydrogen-bond donors (Lipinski definition) is 1. The van der Waals surface area contributed by atoms with Crippen molar-refractivity contribution >= 4 is 33.3 Å². The molecule has 4 nitrogen and oxygen atoms in total. The minimum absolute atomic E-state index is 0.141. The minimum atomic E-state index is -2.57. The third-order valence-corrected chi connectivity index (χ3v) is 6.00. The summed E-state index contributed by atoms with van der Waals surface area (Å²) in [6.45, 7) is 3.42. The Morgan fingerprint density at radius 3 is 2.64 bits per heavy atom. The quantitative estimate of drug-likeness (QED) is 0.570. The first-order valence-electron chi connectivity index (χ1n) is 9.69. The van der Waals surface area contributed by atoms with Gasteiger partial charge in [-0.15, -0.1) is 11.3 Å². The van der Waals surface area contributed by atoms with Crippen LogP contribution in [0.5, 0.6) is 0 Å². The van der Waals surface area contributed by atoms with Gasteiger partial charge in [-0.05, 0) is 31.4 Å². The molecule has 1 N–H and O–H groups in total. The van der Waals surface area contributed by atoms with E-state index in [1.807, 2.05) is 17.9 Å². The molecule has 1 aromatic carbocycles. The number of benzene rings is 1. The Bertz CT molecular complexity index is 932. The summed E-state index contributed by atoms with van der Waals surface area (Å²) in [5, 5.41) is 4.46. The van der Waals surface area contributed by atoms with Crippen LogP contribution >= 0.6 is 11.3 Å². The highest BCUT2D eigenvalue weighted by molar-refractivity contribution is 7.18. The van der Waals surface area contributed by atoms with Crippen LogP contribution in [0.15, 0.2) is 36.4 Å². The standard InChI is InChI=1S/C21H24F2N4S/c1-15-14-17-18(24-11-5-8-16-6-3-2-4-7-16)25-20(26-19(17)28-15)27-12-9-21(22,23)10-13-27/h2-4,6-7,14H,5,8-13H2,1H3,(H,24,25,26). The zero-order valence-corrected chi connectivity index (χ0v) is 16.7. The maximum absolute atomic E-state index is 13.5. The molecule has 1 aliphatic rings. The van der Waals surface area contributed by atoms with Crippen LogP contribution in [0, 0.1) is 6.92 Å². The zero-order chi connectivity index (χ0) is 19.6. The summed E-state index contributed by atoms with van der Waals surface area (Å²) in [4.78, 5) is 13.3. The molecule has 0 amide bonds. The van der Waals surface area contributed by atoms with Crippen molar-refractivity contribution in [2.75, 3.05) is 29.9 Å². The first-order chi connectivity index (χ1) is 13.5. The molecule has 2 aromatic heterocycles. The summed E-state index contributed by atoms with van der Waals surface area (Å²) in [5.41, 5.74) is 1.32. The molecule has 28 heavy (non-hydrogen) atoms. The van der Waals surface area contributed by atoms with Gasteiger partial charge in [0.1, 0.15) is 10.6 Å². The predicted molar refractivity (Wildman–Crippen MR) is 112 cm³/mol. The highest BCUT2D eigenvalue weighted by Crippen LogP contribution is 2.33. The molecule has 3 aromatic rings. The van der Waals surface area contributed by atoms with Crippen molar-refractivity contribution in [3.8, 4) is 0 Å². The highest BCUT2D eigenvalue weighted by atomic mass is 32.1. The Morgan fingerprint density at radius 1 is 1.14 bits per heavy atom. The molecule has 3 heterocycles. The number of aromatic nitrogens is 2. The van der Waals surface area contributed by atoms with E-state index in [0.29, 0.717) is 5.95 Å². The Hall–Kier alpha value is -2.28. The number of fused-ring (bicyclic) bond motifs is 1. The summed E-state index contributed by atoms with van der Waals surface area (Å²) in [5.74, 6) is -1.22. The Balaban J connectivity index is 1.48. The molecular formula is C21H24F2N4S. The van der Waals surface area contributed by atoms with Crippen LogP contribution in [0.3, 0.4) is 0 Å². The normalized spacial score (nSPS) is 16.5. The summed E-state index contributed by atoms with van der Waals surface area (Å²) in [7, 11) is 0. The number of nitrogens with zero attached hydrogens (tertiary/aromatic N) is 3. The van der Waals surface area contributed by atoms with Crippen LogP contribution in [-0.2, 0) is 6.42 Å². The second kappa shape index (κ2) is 7.99. The van der Waals surface area contributed by atoms with E-state index in [-0.39, 0.29) is 25.9 Å². The van der Waals surface area contributed by atoms with Gasteiger partial charge < -0.3 is 10.2 Å². The first kappa shape index (κ1) is 19.1. The van der Waals surface area contributed by atoms with Gasteiger partial charge in [0.25, 0.3) is 5.92 Å². The van der Waals surface area contributed by atoms with E-state index >= 15 is 0 Å². The number of thiophene rings is 1. The molecule has 7 heteroatoms. The molecule has 0 saturated carbocycles. The van der Waals surface area contributed by atoms with Crippen molar-refractivity contribution in [3.63, 3.8) is 0 Å². The number of anilines is 2. The van der Waals surface area contributed by atoms with Gasteiger partial charge >= 0.3 is 0 Å². The average molecular weight is 403 g/mol. The molecule has 1 fully saturated rings. The van der Waals surface area contributed by atoms with Crippen LogP contribution in [-0.4, -0.2) is 35.5 Å². The Morgan fingerprint density at radius 2 is 1.89 bits per heavy atom. The fourth-order valence-electron chi connectivity index (χ4n) is 3.48. The van der Waals surface area contributed by atoms with Crippen molar-refractivity contribution in [3.05, 3.63) is 46.8 Å². The van der Waals surface area contributed by atoms with Gasteiger partial charge in [-0.1, -0.05) is 30.3 Å². The van der Waals surface area contributed by atoms with Gasteiger partial charge in [0.15, 0.2) is 0 Å². The van der Waals surface area contributed by atoms with Crippen molar-refractivity contribution in [2.24, 2.45) is 0 Å². The largest absolute Gasteiger partial charge is 0.369 e. The second-order valence-electron chi connectivity index (χ2n) is 7.31. The SMILES string of the molecule is Cc1cc2c(NCCCc3ccccc3)nc(N3CCC(F)(F)CC3)nc2s1. The second-order valence-corrected chi connectivity index (χ2v) is 8.54. The van der Waals surface area contributed by atoms with E-state index < -0.39 is 5.92 Å². The summed E-state index contributed by atoms with van der Waals surface area (Å²) in [6.07, 6.45) is 1.71. The molecule has 0 radical (unpaired) electrons. The molecule has 0 unspecified atom stereocenters. The third kappa shape index (κ3) is 4.41. The lowest BCUT2D eigenvalue weighted by atomic mass is 10.1. The lowest BCUT2D eigenvalue weighted by Crippen LogP contribution is -2.40. The third-order valence-electron chi connectivity index (χ3n) is 5.06. The van der Waals surface area contributed by atoms with Crippen LogP contribution in [0.1, 0.15) is 29.7 Å². The number of rotatable bonds is 6. The predicted octanol–water partition coefficient (Wildman–Crippen LogP) is 5.28. The topological polar surface area (TPSA) is 41.1 Å². The van der Waals surface area contributed by atoms with Crippen LogP contribution in [0.4, 0.5) is 20.5 Å². The maximum Gasteiger partial charge on any atom is 0.251 e. The molecule has 0 bridgehead atoms. The van der Waals surface area contributed by atoms with E-state index in [4.69, 9.17) is 4.98 Å². The molecule has 148 valence electrons. The van der Waals surface area contributed by atoms with Gasteiger partial charge in [-0.2, -0.15) is 4.98 Å². The van der Waals surface area contributed by atoms with E-state index in [1.165, 1.54) is 10.4 Å². The van der Waals surface area contributed by atoms with E-state index in [2.05, 4.69) is 40.6 Å². The van der Waals surface area contributed by atoms with Crippen molar-refractivity contribution in [2.45, 2.75) is 38.5 Å². The van der Waals surface area contributed by atoms with E-state index in [1.54, 1.807) is 11.3 Å². The molecule has 4 rings (SSSR count). The van der Waals surface area contributed by atoms with Crippen molar-refractivity contribution in [1.29, 1.82) is 0 Å².